The maximum absolute atomic E-state index is 5.91. The van der Waals surface area contributed by atoms with Crippen LogP contribution < -0.4 is 5.43 Å². The van der Waals surface area contributed by atoms with Gasteiger partial charge in [0, 0.05) is 18.6 Å². The third kappa shape index (κ3) is 3.15. The minimum absolute atomic E-state index is 0.413. The van der Waals surface area contributed by atoms with Gasteiger partial charge in [0.05, 0.1) is 27.6 Å². The van der Waals surface area contributed by atoms with Crippen molar-refractivity contribution in [1.29, 1.82) is 0 Å². The van der Waals surface area contributed by atoms with E-state index in [4.69, 9.17) is 23.2 Å². The fraction of sp³-hybridized carbons (Fsp3) is 0. The first-order chi connectivity index (χ1) is 8.27. The van der Waals surface area contributed by atoms with Gasteiger partial charge in [-0.05, 0) is 12.1 Å². The number of aromatic nitrogens is 2. The first-order valence-corrected chi connectivity index (χ1v) is 5.52. The number of halogens is 2. The van der Waals surface area contributed by atoms with Crippen LogP contribution in [0.2, 0.25) is 10.0 Å². The summed E-state index contributed by atoms with van der Waals surface area (Å²) < 4.78 is 0. The van der Waals surface area contributed by atoms with Crippen LogP contribution in [0, 0.1) is 0 Å². The maximum Gasteiger partial charge on any atom is 0.0965 e. The molecule has 0 amide bonds. The topological polar surface area (TPSA) is 50.2 Å². The highest BCUT2D eigenvalue weighted by atomic mass is 35.5. The average Bonchev–Trinajstić information content (AvgIpc) is 2.34. The van der Waals surface area contributed by atoms with Gasteiger partial charge in [0.1, 0.15) is 0 Å². The lowest BCUT2D eigenvalue weighted by Gasteiger charge is -2.03. The molecule has 0 saturated carbocycles. The van der Waals surface area contributed by atoms with Gasteiger partial charge in [-0.3, -0.25) is 15.4 Å². The number of anilines is 1. The van der Waals surface area contributed by atoms with Gasteiger partial charge in [0.2, 0.25) is 0 Å². The summed E-state index contributed by atoms with van der Waals surface area (Å²) in [5, 5.41) is 4.82. The summed E-state index contributed by atoms with van der Waals surface area (Å²) in [6.07, 6.45) is 6.25. The number of rotatable bonds is 3. The lowest BCUT2D eigenvalue weighted by molar-refractivity contribution is 1.26. The van der Waals surface area contributed by atoms with Crippen LogP contribution in [0.15, 0.2) is 41.9 Å². The van der Waals surface area contributed by atoms with E-state index in [0.717, 1.165) is 5.69 Å². The summed E-state index contributed by atoms with van der Waals surface area (Å²) >= 11 is 11.8. The number of hydrogen-bond acceptors (Lipinski definition) is 4. The third-order valence-corrected chi connectivity index (χ3v) is 2.49. The second kappa shape index (κ2) is 5.61. The number of nitrogens with one attached hydrogen (secondary N) is 1. The highest BCUT2D eigenvalue weighted by Gasteiger charge is 2.03. The molecule has 0 unspecified atom stereocenters. The quantitative estimate of drug-likeness (QED) is 0.686. The summed E-state index contributed by atoms with van der Waals surface area (Å²) in [5.41, 5.74) is 4.02. The Labute approximate surface area is 108 Å². The van der Waals surface area contributed by atoms with E-state index >= 15 is 0 Å². The van der Waals surface area contributed by atoms with Crippen molar-refractivity contribution < 1.29 is 0 Å². The lowest BCUT2D eigenvalue weighted by Crippen LogP contribution is -1.94. The SMILES string of the molecule is Clc1cncc(Cl)c1NN=Cc1ccccn1. The van der Waals surface area contributed by atoms with Crippen LogP contribution in [0.1, 0.15) is 5.69 Å². The fourth-order valence-electron chi connectivity index (χ4n) is 1.13. The second-order valence-electron chi connectivity index (χ2n) is 3.10. The Morgan fingerprint density at radius 2 is 1.94 bits per heavy atom. The summed E-state index contributed by atoms with van der Waals surface area (Å²) in [4.78, 5) is 7.93. The van der Waals surface area contributed by atoms with Crippen LogP contribution in [0.5, 0.6) is 0 Å². The molecular formula is C11H8Cl2N4. The minimum Gasteiger partial charge on any atom is -0.275 e. The molecule has 0 bridgehead atoms. The molecular weight excluding hydrogens is 259 g/mol. The molecule has 2 aromatic heterocycles. The minimum atomic E-state index is 0.413. The Bertz CT molecular complexity index is 508. The van der Waals surface area contributed by atoms with Gasteiger partial charge in [-0.25, -0.2) is 0 Å². The molecule has 0 atom stereocenters. The highest BCUT2D eigenvalue weighted by molar-refractivity contribution is 6.38. The molecule has 0 aromatic carbocycles. The van der Waals surface area contributed by atoms with Gasteiger partial charge in [-0.2, -0.15) is 5.10 Å². The Kier molecular flexibility index (Phi) is 3.90. The van der Waals surface area contributed by atoms with Crippen molar-refractivity contribution in [1.82, 2.24) is 9.97 Å². The van der Waals surface area contributed by atoms with Gasteiger partial charge < -0.3 is 0 Å². The molecule has 4 nitrogen and oxygen atoms in total. The van der Waals surface area contributed by atoms with Gasteiger partial charge in [0.25, 0.3) is 0 Å². The summed E-state index contributed by atoms with van der Waals surface area (Å²) in [6, 6.07) is 5.54. The molecule has 0 aliphatic carbocycles. The average molecular weight is 267 g/mol. The van der Waals surface area contributed by atoms with Crippen LogP contribution >= 0.6 is 23.2 Å². The molecule has 0 spiro atoms. The molecule has 0 radical (unpaired) electrons. The van der Waals surface area contributed by atoms with E-state index in [2.05, 4.69) is 20.5 Å². The summed E-state index contributed by atoms with van der Waals surface area (Å²) in [6.45, 7) is 0. The van der Waals surface area contributed by atoms with E-state index in [9.17, 15) is 0 Å². The monoisotopic (exact) mass is 266 g/mol. The Balaban J connectivity index is 2.10. The zero-order valence-corrected chi connectivity index (χ0v) is 10.2. The third-order valence-electron chi connectivity index (χ3n) is 1.91. The van der Waals surface area contributed by atoms with Crippen molar-refractivity contribution in [3.05, 3.63) is 52.5 Å². The molecule has 2 rings (SSSR count). The molecule has 86 valence electrons. The van der Waals surface area contributed by atoms with Crippen molar-refractivity contribution in [2.45, 2.75) is 0 Å². The largest absolute Gasteiger partial charge is 0.275 e. The van der Waals surface area contributed by atoms with Crippen LogP contribution in [-0.2, 0) is 0 Å². The van der Waals surface area contributed by atoms with Gasteiger partial charge in [-0.1, -0.05) is 29.3 Å². The Morgan fingerprint density at radius 3 is 2.59 bits per heavy atom. The van der Waals surface area contributed by atoms with E-state index in [1.165, 1.54) is 12.4 Å². The van der Waals surface area contributed by atoms with Gasteiger partial charge >= 0.3 is 0 Å². The molecule has 0 aliphatic rings. The highest BCUT2D eigenvalue weighted by Crippen LogP contribution is 2.28. The predicted octanol–water partition coefficient (Wildman–Crippen LogP) is 3.23. The zero-order chi connectivity index (χ0) is 12.1. The van der Waals surface area contributed by atoms with E-state index in [1.807, 2.05) is 18.2 Å². The van der Waals surface area contributed by atoms with Crippen molar-refractivity contribution in [3.8, 4) is 0 Å². The second-order valence-corrected chi connectivity index (χ2v) is 3.92. The van der Waals surface area contributed by atoms with Crippen molar-refractivity contribution in [2.75, 3.05) is 5.43 Å². The predicted molar refractivity (Wildman–Crippen MR) is 69.7 cm³/mol. The fourth-order valence-corrected chi connectivity index (χ4v) is 1.58. The molecule has 0 aliphatic heterocycles. The molecule has 1 N–H and O–H groups in total. The Morgan fingerprint density at radius 1 is 1.18 bits per heavy atom. The smallest absolute Gasteiger partial charge is 0.0965 e. The molecule has 0 saturated heterocycles. The zero-order valence-electron chi connectivity index (χ0n) is 8.64. The molecule has 6 heteroatoms. The molecule has 2 aromatic rings. The number of hydrazone groups is 1. The first kappa shape index (κ1) is 11.8. The summed E-state index contributed by atoms with van der Waals surface area (Å²) in [5.74, 6) is 0. The van der Waals surface area contributed by atoms with E-state index in [0.29, 0.717) is 15.7 Å². The Hall–Kier alpha value is -1.65. The van der Waals surface area contributed by atoms with Crippen molar-refractivity contribution in [3.63, 3.8) is 0 Å². The van der Waals surface area contributed by atoms with Crippen LogP contribution in [-0.4, -0.2) is 16.2 Å². The van der Waals surface area contributed by atoms with Crippen molar-refractivity contribution in [2.24, 2.45) is 5.10 Å². The number of hydrogen-bond donors (Lipinski definition) is 1. The van der Waals surface area contributed by atoms with E-state index in [1.54, 1.807) is 12.4 Å². The maximum atomic E-state index is 5.91. The first-order valence-electron chi connectivity index (χ1n) is 4.76. The van der Waals surface area contributed by atoms with Crippen LogP contribution in [0.25, 0.3) is 0 Å². The van der Waals surface area contributed by atoms with Crippen LogP contribution in [0.3, 0.4) is 0 Å². The van der Waals surface area contributed by atoms with E-state index < -0.39 is 0 Å². The van der Waals surface area contributed by atoms with Gasteiger partial charge in [-0.15, -0.1) is 0 Å². The summed E-state index contributed by atoms with van der Waals surface area (Å²) in [7, 11) is 0. The van der Waals surface area contributed by atoms with E-state index in [-0.39, 0.29) is 0 Å². The van der Waals surface area contributed by atoms with Crippen molar-refractivity contribution >= 4 is 35.1 Å². The molecule has 0 fully saturated rings. The normalized spacial score (nSPS) is 10.7. The molecule has 17 heavy (non-hydrogen) atoms. The standard InChI is InChI=1S/C11H8Cl2N4/c12-9-6-14-7-10(13)11(9)17-16-5-8-3-1-2-4-15-8/h1-7H,(H,14,17). The van der Waals surface area contributed by atoms with Crippen LogP contribution in [0.4, 0.5) is 5.69 Å². The number of nitrogens with zero attached hydrogens (tertiary/aromatic N) is 3. The lowest BCUT2D eigenvalue weighted by atomic mass is 10.4. The molecule has 2 heterocycles. The number of pyridine rings is 2. The van der Waals surface area contributed by atoms with Gasteiger partial charge in [0.15, 0.2) is 0 Å².